The standard InChI is InChI=1S/C30H23F3N6/c31-22-6-4-19(5-7-22)23-2-1-3-26-24(23)12-27(36-26)28-25-11-21(15-35-29(25)38-37-28)20-10-18(13-34-14-20)16-39-9-8-30(32,33)17-39/h1-7,10-15,36H,8-9,16-17H2,(H,35,37,38). The molecule has 39 heavy (non-hydrogen) atoms. The van der Waals surface area contributed by atoms with E-state index in [1.807, 2.05) is 36.4 Å². The van der Waals surface area contributed by atoms with Crippen LogP contribution in [0, 0.1) is 5.82 Å². The smallest absolute Gasteiger partial charge is 0.261 e. The summed E-state index contributed by atoms with van der Waals surface area (Å²) in [6.45, 7) is 0.571. The fraction of sp³-hybridized carbons (Fsp3) is 0.167. The van der Waals surface area contributed by atoms with Gasteiger partial charge >= 0.3 is 0 Å². The normalized spacial score (nSPS) is 15.5. The number of aromatic nitrogens is 5. The summed E-state index contributed by atoms with van der Waals surface area (Å²) in [5.41, 5.74) is 7.65. The van der Waals surface area contributed by atoms with Crippen LogP contribution < -0.4 is 0 Å². The number of likely N-dealkylation sites (tertiary alicyclic amines) is 1. The predicted molar refractivity (Wildman–Crippen MR) is 145 cm³/mol. The number of H-pyrrole nitrogens is 2. The quantitative estimate of drug-likeness (QED) is 0.260. The summed E-state index contributed by atoms with van der Waals surface area (Å²) >= 11 is 0. The third-order valence-electron chi connectivity index (χ3n) is 7.27. The first kappa shape index (κ1) is 23.6. The number of fused-ring (bicyclic) bond motifs is 2. The molecule has 2 N–H and O–H groups in total. The van der Waals surface area contributed by atoms with Crippen LogP contribution in [0.5, 0.6) is 0 Å². The summed E-state index contributed by atoms with van der Waals surface area (Å²) < 4.78 is 40.8. The first-order chi connectivity index (χ1) is 18.9. The number of nitrogens with zero attached hydrogens (tertiary/aromatic N) is 4. The highest BCUT2D eigenvalue weighted by Crippen LogP contribution is 2.35. The minimum atomic E-state index is -2.62. The first-order valence-corrected chi connectivity index (χ1v) is 12.7. The van der Waals surface area contributed by atoms with Crippen molar-refractivity contribution in [1.29, 1.82) is 0 Å². The van der Waals surface area contributed by atoms with E-state index in [0.717, 1.165) is 55.5 Å². The molecule has 1 aliphatic heterocycles. The molecule has 9 heteroatoms. The van der Waals surface area contributed by atoms with E-state index in [0.29, 0.717) is 18.7 Å². The summed E-state index contributed by atoms with van der Waals surface area (Å²) in [7, 11) is 0. The molecule has 2 aromatic carbocycles. The average molecular weight is 525 g/mol. The van der Waals surface area contributed by atoms with E-state index in [1.165, 1.54) is 12.1 Å². The molecule has 0 atom stereocenters. The lowest BCUT2D eigenvalue weighted by Gasteiger charge is -2.15. The maximum absolute atomic E-state index is 13.6. The third-order valence-corrected chi connectivity index (χ3v) is 7.27. The van der Waals surface area contributed by atoms with Crippen LogP contribution in [0.1, 0.15) is 12.0 Å². The number of hydrogen-bond acceptors (Lipinski definition) is 4. The molecule has 5 heterocycles. The lowest BCUT2D eigenvalue weighted by molar-refractivity contribution is 0.0115. The summed E-state index contributed by atoms with van der Waals surface area (Å²) in [4.78, 5) is 14.2. The van der Waals surface area contributed by atoms with E-state index in [4.69, 9.17) is 0 Å². The topological polar surface area (TPSA) is 73.5 Å². The maximum atomic E-state index is 13.6. The van der Waals surface area contributed by atoms with Crippen molar-refractivity contribution in [2.24, 2.45) is 0 Å². The van der Waals surface area contributed by atoms with Crippen molar-refractivity contribution < 1.29 is 13.2 Å². The zero-order valence-electron chi connectivity index (χ0n) is 20.8. The van der Waals surface area contributed by atoms with Gasteiger partial charge in [-0.05, 0) is 53.1 Å². The van der Waals surface area contributed by atoms with Crippen molar-refractivity contribution in [3.8, 4) is 33.6 Å². The summed E-state index contributed by atoms with van der Waals surface area (Å²) in [6, 6.07) is 18.5. The van der Waals surface area contributed by atoms with E-state index < -0.39 is 5.92 Å². The van der Waals surface area contributed by atoms with Gasteiger partial charge in [0.25, 0.3) is 5.92 Å². The van der Waals surface area contributed by atoms with Crippen molar-refractivity contribution >= 4 is 21.9 Å². The second-order valence-corrected chi connectivity index (χ2v) is 10.0. The Balaban J connectivity index is 1.24. The van der Waals surface area contributed by atoms with Crippen LogP contribution in [0.4, 0.5) is 13.2 Å². The number of aromatic amines is 2. The number of benzene rings is 2. The van der Waals surface area contributed by atoms with Gasteiger partial charge in [-0.2, -0.15) is 5.10 Å². The SMILES string of the molecule is Fc1ccc(-c2cccc3[nH]c(-c4n[nH]c5ncc(-c6cncc(CN7CCC(F)(F)C7)c6)cc45)cc23)cc1. The minimum Gasteiger partial charge on any atom is -0.353 e. The van der Waals surface area contributed by atoms with Gasteiger partial charge in [0, 0.05) is 65.5 Å². The van der Waals surface area contributed by atoms with Gasteiger partial charge in [-0.15, -0.1) is 0 Å². The molecule has 0 bridgehead atoms. The van der Waals surface area contributed by atoms with Crippen LogP contribution in [-0.4, -0.2) is 49.1 Å². The predicted octanol–water partition coefficient (Wildman–Crippen LogP) is 6.82. The minimum absolute atomic E-state index is 0.108. The van der Waals surface area contributed by atoms with Crippen molar-refractivity contribution in [3.63, 3.8) is 0 Å². The molecule has 6 nitrogen and oxygen atoms in total. The van der Waals surface area contributed by atoms with Crippen LogP contribution in [0.3, 0.4) is 0 Å². The molecule has 6 aromatic rings. The largest absolute Gasteiger partial charge is 0.353 e. The van der Waals surface area contributed by atoms with Gasteiger partial charge in [-0.25, -0.2) is 18.2 Å². The highest BCUT2D eigenvalue weighted by Gasteiger charge is 2.37. The molecule has 194 valence electrons. The molecular weight excluding hydrogens is 501 g/mol. The lowest BCUT2D eigenvalue weighted by atomic mass is 10.0. The van der Waals surface area contributed by atoms with Gasteiger partial charge in [0.05, 0.1) is 12.2 Å². The van der Waals surface area contributed by atoms with E-state index in [1.54, 1.807) is 35.6 Å². The van der Waals surface area contributed by atoms with Gasteiger partial charge in [0.1, 0.15) is 11.5 Å². The summed E-state index contributed by atoms with van der Waals surface area (Å²) in [5.74, 6) is -2.90. The van der Waals surface area contributed by atoms with Crippen LogP contribution in [0.15, 0.2) is 79.3 Å². The second kappa shape index (κ2) is 9.06. The third kappa shape index (κ3) is 4.44. The fourth-order valence-corrected chi connectivity index (χ4v) is 5.36. The lowest BCUT2D eigenvalue weighted by Crippen LogP contribution is -2.24. The van der Waals surface area contributed by atoms with Crippen LogP contribution in [0.2, 0.25) is 0 Å². The van der Waals surface area contributed by atoms with Gasteiger partial charge in [-0.1, -0.05) is 24.3 Å². The monoisotopic (exact) mass is 524 g/mol. The molecule has 0 saturated carbocycles. The highest BCUT2D eigenvalue weighted by molar-refractivity contribution is 6.01. The van der Waals surface area contributed by atoms with Crippen molar-refractivity contribution in [3.05, 3.63) is 90.6 Å². The number of alkyl halides is 2. The van der Waals surface area contributed by atoms with Gasteiger partial charge < -0.3 is 4.98 Å². The Hall–Kier alpha value is -4.50. The number of rotatable bonds is 5. The van der Waals surface area contributed by atoms with Crippen LogP contribution in [0.25, 0.3) is 55.6 Å². The molecule has 4 aromatic heterocycles. The average Bonchev–Trinajstić information content (AvgIpc) is 3.64. The highest BCUT2D eigenvalue weighted by atomic mass is 19.3. The van der Waals surface area contributed by atoms with Crippen molar-refractivity contribution in [2.75, 3.05) is 13.1 Å². The maximum Gasteiger partial charge on any atom is 0.261 e. The number of hydrogen-bond donors (Lipinski definition) is 2. The van der Waals surface area contributed by atoms with E-state index in [2.05, 4.69) is 25.1 Å². The van der Waals surface area contributed by atoms with Crippen molar-refractivity contribution in [1.82, 2.24) is 30.0 Å². The van der Waals surface area contributed by atoms with Gasteiger partial charge in [-0.3, -0.25) is 15.0 Å². The summed E-state index contributed by atoms with van der Waals surface area (Å²) in [5, 5.41) is 9.40. The van der Waals surface area contributed by atoms with Gasteiger partial charge in [0.15, 0.2) is 5.65 Å². The molecule has 0 unspecified atom stereocenters. The molecule has 0 amide bonds. The molecule has 0 radical (unpaired) electrons. The fourth-order valence-electron chi connectivity index (χ4n) is 5.36. The van der Waals surface area contributed by atoms with Crippen LogP contribution in [-0.2, 0) is 6.54 Å². The molecule has 1 fully saturated rings. The number of halogens is 3. The van der Waals surface area contributed by atoms with Gasteiger partial charge in [0.2, 0.25) is 0 Å². The molecule has 0 aliphatic carbocycles. The molecule has 0 spiro atoms. The Bertz CT molecular complexity index is 1820. The summed E-state index contributed by atoms with van der Waals surface area (Å²) in [6.07, 6.45) is 5.12. The number of nitrogens with one attached hydrogen (secondary N) is 2. The Morgan fingerprint density at radius 1 is 0.897 bits per heavy atom. The van der Waals surface area contributed by atoms with E-state index in [9.17, 15) is 13.2 Å². The first-order valence-electron chi connectivity index (χ1n) is 12.7. The molecule has 7 rings (SSSR count). The zero-order chi connectivity index (χ0) is 26.6. The Morgan fingerprint density at radius 2 is 1.74 bits per heavy atom. The van der Waals surface area contributed by atoms with E-state index in [-0.39, 0.29) is 18.8 Å². The zero-order valence-corrected chi connectivity index (χ0v) is 20.8. The van der Waals surface area contributed by atoms with Crippen LogP contribution >= 0.6 is 0 Å². The molecular formula is C30H23F3N6. The Labute approximate surface area is 221 Å². The van der Waals surface area contributed by atoms with E-state index >= 15 is 0 Å². The Kier molecular flexibility index (Phi) is 5.48. The van der Waals surface area contributed by atoms with Crippen molar-refractivity contribution in [2.45, 2.75) is 18.9 Å². The second-order valence-electron chi connectivity index (χ2n) is 10.0. The number of pyridine rings is 2. The Morgan fingerprint density at radius 3 is 2.56 bits per heavy atom. The molecule has 1 aliphatic rings. The molecule has 1 saturated heterocycles.